The van der Waals surface area contributed by atoms with Crippen molar-refractivity contribution in [2.75, 3.05) is 30.3 Å². The van der Waals surface area contributed by atoms with Crippen molar-refractivity contribution in [3.63, 3.8) is 0 Å². The van der Waals surface area contributed by atoms with E-state index < -0.39 is 0 Å². The van der Waals surface area contributed by atoms with Crippen LogP contribution in [0, 0.1) is 0 Å². The first-order chi connectivity index (χ1) is 12.8. The highest BCUT2D eigenvalue weighted by molar-refractivity contribution is 5.95. The minimum atomic E-state index is 0.706. The number of nitrogens with zero attached hydrogens (tertiary/aromatic N) is 1. The number of pyridine rings is 1. The first-order valence-corrected chi connectivity index (χ1v) is 9.82. The summed E-state index contributed by atoms with van der Waals surface area (Å²) in [4.78, 5) is 4.88. The Balaban J connectivity index is 1.75. The van der Waals surface area contributed by atoms with Crippen molar-refractivity contribution >= 4 is 33.2 Å². The van der Waals surface area contributed by atoms with Gasteiger partial charge in [-0.3, -0.25) is 0 Å². The SMILES string of the molecule is CCCCCCNc1ccc2cc3ccc(NCCCN)cc3nc2c1. The molecule has 0 fully saturated rings. The van der Waals surface area contributed by atoms with Gasteiger partial charge in [-0.25, -0.2) is 4.98 Å². The van der Waals surface area contributed by atoms with Gasteiger partial charge in [-0.15, -0.1) is 0 Å². The van der Waals surface area contributed by atoms with Crippen LogP contribution in [0.15, 0.2) is 42.5 Å². The van der Waals surface area contributed by atoms with Gasteiger partial charge in [0.2, 0.25) is 0 Å². The Hall–Kier alpha value is -2.33. The van der Waals surface area contributed by atoms with Crippen molar-refractivity contribution in [3.8, 4) is 0 Å². The molecule has 4 heteroatoms. The maximum absolute atomic E-state index is 5.56. The molecule has 3 rings (SSSR count). The maximum Gasteiger partial charge on any atom is 0.0730 e. The topological polar surface area (TPSA) is 63.0 Å². The smallest absolute Gasteiger partial charge is 0.0730 e. The van der Waals surface area contributed by atoms with E-state index in [0.717, 1.165) is 41.9 Å². The van der Waals surface area contributed by atoms with Crippen LogP contribution in [0.5, 0.6) is 0 Å². The zero-order valence-electron chi connectivity index (χ0n) is 15.7. The number of aromatic nitrogens is 1. The normalized spacial score (nSPS) is 11.2. The molecule has 138 valence electrons. The number of hydrogen-bond acceptors (Lipinski definition) is 4. The zero-order chi connectivity index (χ0) is 18.2. The highest BCUT2D eigenvalue weighted by Gasteiger charge is 2.03. The van der Waals surface area contributed by atoms with Crippen LogP contribution in [0.3, 0.4) is 0 Å². The van der Waals surface area contributed by atoms with Crippen LogP contribution < -0.4 is 16.4 Å². The molecule has 3 aromatic rings. The molecule has 4 nitrogen and oxygen atoms in total. The van der Waals surface area contributed by atoms with E-state index >= 15 is 0 Å². The Bertz CT molecular complexity index is 844. The second-order valence-electron chi connectivity index (χ2n) is 6.86. The first kappa shape index (κ1) is 18.5. The number of nitrogens with one attached hydrogen (secondary N) is 2. The Kier molecular flexibility index (Phi) is 6.67. The summed E-state index contributed by atoms with van der Waals surface area (Å²) in [5.74, 6) is 0. The maximum atomic E-state index is 5.56. The second kappa shape index (κ2) is 9.39. The minimum Gasteiger partial charge on any atom is -0.385 e. The van der Waals surface area contributed by atoms with E-state index in [1.165, 1.54) is 36.5 Å². The molecular formula is C22H30N4. The number of nitrogens with two attached hydrogens (primary N) is 1. The molecule has 0 radical (unpaired) electrons. The second-order valence-corrected chi connectivity index (χ2v) is 6.86. The van der Waals surface area contributed by atoms with E-state index in [-0.39, 0.29) is 0 Å². The molecule has 1 heterocycles. The molecule has 0 aliphatic heterocycles. The molecule has 0 spiro atoms. The Morgan fingerprint density at radius 1 is 0.769 bits per heavy atom. The van der Waals surface area contributed by atoms with Crippen LogP contribution in [0.1, 0.15) is 39.0 Å². The van der Waals surface area contributed by atoms with Gasteiger partial charge in [-0.1, -0.05) is 38.3 Å². The van der Waals surface area contributed by atoms with Crippen LogP contribution >= 0.6 is 0 Å². The third-order valence-electron chi connectivity index (χ3n) is 4.68. The summed E-state index contributed by atoms with van der Waals surface area (Å²) in [6, 6.07) is 15.0. The van der Waals surface area contributed by atoms with Crippen LogP contribution in [-0.4, -0.2) is 24.6 Å². The lowest BCUT2D eigenvalue weighted by Crippen LogP contribution is -2.08. The molecule has 26 heavy (non-hydrogen) atoms. The summed E-state index contributed by atoms with van der Waals surface area (Å²) in [6.07, 6.45) is 6.07. The molecule has 1 aromatic heterocycles. The number of unbranched alkanes of at least 4 members (excludes halogenated alkanes) is 3. The largest absolute Gasteiger partial charge is 0.385 e. The molecule has 0 aliphatic rings. The number of rotatable bonds is 10. The zero-order valence-corrected chi connectivity index (χ0v) is 15.7. The van der Waals surface area contributed by atoms with Crippen molar-refractivity contribution in [2.24, 2.45) is 5.73 Å². The van der Waals surface area contributed by atoms with Gasteiger partial charge in [-0.05, 0) is 49.7 Å². The van der Waals surface area contributed by atoms with Crippen molar-refractivity contribution in [2.45, 2.75) is 39.0 Å². The van der Waals surface area contributed by atoms with Crippen LogP contribution in [0.2, 0.25) is 0 Å². The minimum absolute atomic E-state index is 0.706. The highest BCUT2D eigenvalue weighted by atomic mass is 14.9. The Morgan fingerprint density at radius 2 is 1.38 bits per heavy atom. The van der Waals surface area contributed by atoms with E-state index in [2.05, 4.69) is 60.0 Å². The predicted octanol–water partition coefficient (Wildman–Crippen LogP) is 5.14. The lowest BCUT2D eigenvalue weighted by atomic mass is 10.1. The van der Waals surface area contributed by atoms with Crippen molar-refractivity contribution in [3.05, 3.63) is 42.5 Å². The number of anilines is 2. The standard InChI is InChI=1S/C22H30N4/c1-2-3-4-5-12-24-19-9-7-17-14-18-8-10-20(25-13-6-11-23)16-22(18)26-21(17)15-19/h7-10,14-16,24-25H,2-6,11-13,23H2,1H3. The lowest BCUT2D eigenvalue weighted by Gasteiger charge is -2.09. The molecule has 0 saturated carbocycles. The number of fused-ring (bicyclic) bond motifs is 2. The van der Waals surface area contributed by atoms with Gasteiger partial charge in [0.05, 0.1) is 11.0 Å². The average molecular weight is 351 g/mol. The number of hydrogen-bond donors (Lipinski definition) is 3. The Morgan fingerprint density at radius 3 is 1.96 bits per heavy atom. The van der Waals surface area contributed by atoms with E-state index in [0.29, 0.717) is 6.54 Å². The van der Waals surface area contributed by atoms with E-state index in [1.807, 2.05) is 0 Å². The van der Waals surface area contributed by atoms with Gasteiger partial charge in [0.1, 0.15) is 0 Å². The van der Waals surface area contributed by atoms with Gasteiger partial charge in [0.15, 0.2) is 0 Å². The quantitative estimate of drug-likeness (QED) is 0.350. The monoisotopic (exact) mass is 350 g/mol. The molecular weight excluding hydrogens is 320 g/mol. The van der Waals surface area contributed by atoms with Gasteiger partial charge >= 0.3 is 0 Å². The summed E-state index contributed by atoms with van der Waals surface area (Å²) >= 11 is 0. The van der Waals surface area contributed by atoms with Crippen LogP contribution in [-0.2, 0) is 0 Å². The Labute approximate surface area is 156 Å². The highest BCUT2D eigenvalue weighted by Crippen LogP contribution is 2.24. The van der Waals surface area contributed by atoms with Gasteiger partial charge < -0.3 is 16.4 Å². The van der Waals surface area contributed by atoms with Gasteiger partial charge in [0.25, 0.3) is 0 Å². The predicted molar refractivity (Wildman–Crippen MR) is 114 cm³/mol. The summed E-state index contributed by atoms with van der Waals surface area (Å²) in [6.45, 7) is 4.86. The van der Waals surface area contributed by atoms with Crippen molar-refractivity contribution in [1.29, 1.82) is 0 Å². The van der Waals surface area contributed by atoms with E-state index in [4.69, 9.17) is 10.7 Å². The molecule has 0 atom stereocenters. The van der Waals surface area contributed by atoms with Gasteiger partial charge in [0, 0.05) is 35.2 Å². The fourth-order valence-corrected chi connectivity index (χ4v) is 3.16. The summed E-state index contributed by atoms with van der Waals surface area (Å²) in [7, 11) is 0. The van der Waals surface area contributed by atoms with Crippen LogP contribution in [0.4, 0.5) is 11.4 Å². The molecule has 0 bridgehead atoms. The third-order valence-corrected chi connectivity index (χ3v) is 4.68. The molecule has 0 aliphatic carbocycles. The molecule has 2 aromatic carbocycles. The molecule has 0 saturated heterocycles. The summed E-state index contributed by atoms with van der Waals surface area (Å²) in [5, 5.41) is 9.28. The fourth-order valence-electron chi connectivity index (χ4n) is 3.16. The average Bonchev–Trinajstić information content (AvgIpc) is 2.66. The molecule has 0 unspecified atom stereocenters. The van der Waals surface area contributed by atoms with E-state index in [9.17, 15) is 0 Å². The summed E-state index contributed by atoms with van der Waals surface area (Å²) < 4.78 is 0. The molecule has 0 amide bonds. The van der Waals surface area contributed by atoms with Crippen molar-refractivity contribution < 1.29 is 0 Å². The first-order valence-electron chi connectivity index (χ1n) is 9.82. The van der Waals surface area contributed by atoms with E-state index in [1.54, 1.807) is 0 Å². The summed E-state index contributed by atoms with van der Waals surface area (Å²) in [5.41, 5.74) is 9.87. The van der Waals surface area contributed by atoms with Gasteiger partial charge in [-0.2, -0.15) is 0 Å². The third kappa shape index (κ3) is 4.85. The van der Waals surface area contributed by atoms with Crippen molar-refractivity contribution in [1.82, 2.24) is 4.98 Å². The molecule has 4 N–H and O–H groups in total. The lowest BCUT2D eigenvalue weighted by molar-refractivity contribution is 0.685. The van der Waals surface area contributed by atoms with Crippen LogP contribution in [0.25, 0.3) is 21.8 Å². The fraction of sp³-hybridized carbons (Fsp3) is 0.409. The number of benzene rings is 2.